The highest BCUT2D eigenvalue weighted by molar-refractivity contribution is 9.10. The van der Waals surface area contributed by atoms with E-state index >= 15 is 0 Å². The molecule has 178 valence electrons. The number of rotatable bonds is 10. The summed E-state index contributed by atoms with van der Waals surface area (Å²) in [5.41, 5.74) is 9.36. The van der Waals surface area contributed by atoms with Crippen molar-refractivity contribution < 1.29 is 4.74 Å². The Bertz CT molecular complexity index is 1030. The van der Waals surface area contributed by atoms with E-state index in [1.165, 1.54) is 0 Å². The van der Waals surface area contributed by atoms with Crippen LogP contribution in [0.1, 0.15) is 32.4 Å². The maximum atomic E-state index is 6.28. The van der Waals surface area contributed by atoms with Gasteiger partial charge in [0.2, 0.25) is 5.95 Å². The van der Waals surface area contributed by atoms with Crippen molar-refractivity contribution in [2.45, 2.75) is 51.9 Å². The van der Waals surface area contributed by atoms with Crippen molar-refractivity contribution in [3.8, 4) is 0 Å². The number of benzene rings is 1. The normalized spacial score (nSPS) is 16.5. The number of nitrogens with two attached hydrogens (primary N) is 1. The van der Waals surface area contributed by atoms with Crippen molar-refractivity contribution in [1.29, 1.82) is 0 Å². The van der Waals surface area contributed by atoms with Gasteiger partial charge < -0.3 is 20.7 Å². The molecule has 1 aromatic carbocycles. The molecule has 4 rings (SSSR count). The minimum atomic E-state index is 0.239. The molecule has 0 radical (unpaired) electrons. The molecule has 0 bridgehead atoms. The van der Waals surface area contributed by atoms with Crippen molar-refractivity contribution in [3.63, 3.8) is 0 Å². The van der Waals surface area contributed by atoms with Crippen LogP contribution in [0, 0.1) is 5.92 Å². The minimum Gasteiger partial charge on any atom is -0.360 e. The van der Waals surface area contributed by atoms with Crippen LogP contribution in [0.15, 0.2) is 47.1 Å². The molecule has 3 aromatic rings. The van der Waals surface area contributed by atoms with Gasteiger partial charge in [-0.15, -0.1) is 0 Å². The average Bonchev–Trinajstić information content (AvgIpc) is 3.15. The third kappa shape index (κ3) is 6.53. The Hall–Kier alpha value is -2.00. The Morgan fingerprint density at radius 3 is 2.67 bits per heavy atom. The van der Waals surface area contributed by atoms with Gasteiger partial charge in [-0.3, -0.25) is 4.57 Å². The number of ether oxygens (including phenoxy) is 1. The Balaban J connectivity index is 1.35. The molecule has 3 heterocycles. The van der Waals surface area contributed by atoms with E-state index in [1.807, 2.05) is 30.3 Å². The second kappa shape index (κ2) is 11.4. The Labute approximate surface area is 204 Å². The number of piperidine rings is 1. The quantitative estimate of drug-likeness (QED) is 0.310. The molecule has 1 atom stereocenters. The van der Waals surface area contributed by atoms with Gasteiger partial charge in [-0.25, -0.2) is 9.97 Å². The summed E-state index contributed by atoms with van der Waals surface area (Å²) in [5, 5.41) is 3.70. The second-order valence-electron chi connectivity index (χ2n) is 9.22. The Kier molecular flexibility index (Phi) is 8.35. The van der Waals surface area contributed by atoms with E-state index in [9.17, 15) is 0 Å². The first-order valence-electron chi connectivity index (χ1n) is 11.9. The van der Waals surface area contributed by atoms with Crippen molar-refractivity contribution in [2.75, 3.05) is 31.6 Å². The van der Waals surface area contributed by atoms with E-state index in [0.29, 0.717) is 25.3 Å². The molecule has 3 N–H and O–H groups in total. The van der Waals surface area contributed by atoms with Crippen molar-refractivity contribution in [1.82, 2.24) is 19.4 Å². The first-order valence-corrected chi connectivity index (χ1v) is 12.7. The highest BCUT2D eigenvalue weighted by atomic mass is 79.9. The van der Waals surface area contributed by atoms with Crippen LogP contribution in [-0.4, -0.2) is 57.8 Å². The molecule has 1 fully saturated rings. The topological polar surface area (TPSA) is 81.2 Å². The van der Waals surface area contributed by atoms with Gasteiger partial charge in [0.25, 0.3) is 0 Å². The number of hydrogen-bond donors (Lipinski definition) is 2. The fourth-order valence-electron chi connectivity index (χ4n) is 4.19. The Morgan fingerprint density at radius 1 is 1.12 bits per heavy atom. The van der Waals surface area contributed by atoms with Crippen molar-refractivity contribution in [3.05, 3.63) is 52.8 Å². The lowest BCUT2D eigenvalue weighted by atomic mass is 10.0. The van der Waals surface area contributed by atoms with Crippen LogP contribution in [0.5, 0.6) is 0 Å². The molecule has 0 amide bonds. The zero-order valence-electron chi connectivity index (χ0n) is 19.6. The van der Waals surface area contributed by atoms with Crippen LogP contribution >= 0.6 is 15.9 Å². The second-order valence-corrected chi connectivity index (χ2v) is 10.0. The summed E-state index contributed by atoms with van der Waals surface area (Å²) in [5.74, 6) is 1.40. The zero-order chi connectivity index (χ0) is 23.2. The van der Waals surface area contributed by atoms with Crippen LogP contribution in [0.2, 0.25) is 0 Å². The van der Waals surface area contributed by atoms with Crippen molar-refractivity contribution >= 4 is 32.9 Å². The fourth-order valence-corrected chi connectivity index (χ4v) is 4.57. The smallest absolute Gasteiger partial charge is 0.206 e. The van der Waals surface area contributed by atoms with E-state index in [0.717, 1.165) is 66.2 Å². The number of nitrogens with one attached hydrogen (secondary N) is 1. The summed E-state index contributed by atoms with van der Waals surface area (Å²) in [7, 11) is 0. The highest BCUT2D eigenvalue weighted by Gasteiger charge is 2.23. The minimum absolute atomic E-state index is 0.239. The van der Waals surface area contributed by atoms with Crippen LogP contribution < -0.4 is 11.1 Å². The van der Waals surface area contributed by atoms with Crippen LogP contribution in [0.25, 0.3) is 11.0 Å². The summed E-state index contributed by atoms with van der Waals surface area (Å²) in [6, 6.07) is 14.8. The number of pyridine rings is 1. The summed E-state index contributed by atoms with van der Waals surface area (Å²) in [4.78, 5) is 11.8. The lowest BCUT2D eigenvalue weighted by molar-refractivity contribution is 0.0825. The first kappa shape index (κ1) is 24.1. The maximum absolute atomic E-state index is 6.28. The molecular weight excluding hydrogens is 480 g/mol. The number of para-hydroxylation sites is 2. The predicted octanol–water partition coefficient (Wildman–Crippen LogP) is 4.27. The van der Waals surface area contributed by atoms with Gasteiger partial charge in [0.1, 0.15) is 11.3 Å². The Morgan fingerprint density at radius 2 is 1.91 bits per heavy atom. The van der Waals surface area contributed by atoms with E-state index in [4.69, 9.17) is 15.5 Å². The van der Waals surface area contributed by atoms with Crippen molar-refractivity contribution in [2.24, 2.45) is 11.7 Å². The molecule has 1 aliphatic heterocycles. The van der Waals surface area contributed by atoms with E-state index in [1.54, 1.807) is 0 Å². The summed E-state index contributed by atoms with van der Waals surface area (Å²) in [6.07, 6.45) is 2.94. The molecule has 1 saturated heterocycles. The number of anilines is 1. The zero-order valence-corrected chi connectivity index (χ0v) is 21.2. The van der Waals surface area contributed by atoms with E-state index < -0.39 is 0 Å². The SMILES string of the molecule is CC(C)C(N)CN1CCC(Nc2nc3ccccc3n2COCCc2cccc(Br)n2)CC1. The summed E-state index contributed by atoms with van der Waals surface area (Å²) < 4.78 is 9.04. The third-order valence-electron chi connectivity index (χ3n) is 6.40. The average molecular weight is 516 g/mol. The van der Waals surface area contributed by atoms with E-state index in [2.05, 4.69) is 61.7 Å². The number of likely N-dealkylation sites (tertiary alicyclic amines) is 1. The molecule has 2 aromatic heterocycles. The number of imidazole rings is 1. The van der Waals surface area contributed by atoms with Gasteiger partial charge in [-0.1, -0.05) is 32.0 Å². The number of halogens is 1. The van der Waals surface area contributed by atoms with Gasteiger partial charge in [-0.05, 0) is 59.0 Å². The van der Waals surface area contributed by atoms with E-state index in [-0.39, 0.29) is 6.04 Å². The predicted molar refractivity (Wildman–Crippen MR) is 137 cm³/mol. The largest absolute Gasteiger partial charge is 0.360 e. The van der Waals surface area contributed by atoms with Crippen LogP contribution in [0.3, 0.4) is 0 Å². The van der Waals surface area contributed by atoms with Gasteiger partial charge in [0.05, 0.1) is 17.6 Å². The van der Waals surface area contributed by atoms with Gasteiger partial charge in [0, 0.05) is 43.8 Å². The van der Waals surface area contributed by atoms with Crippen LogP contribution in [0.4, 0.5) is 5.95 Å². The highest BCUT2D eigenvalue weighted by Crippen LogP contribution is 2.23. The maximum Gasteiger partial charge on any atom is 0.206 e. The molecule has 0 saturated carbocycles. The van der Waals surface area contributed by atoms with Gasteiger partial charge >= 0.3 is 0 Å². The monoisotopic (exact) mass is 514 g/mol. The molecule has 1 aliphatic rings. The lowest BCUT2D eigenvalue weighted by Crippen LogP contribution is -2.46. The number of aromatic nitrogens is 3. The molecule has 33 heavy (non-hydrogen) atoms. The number of hydrogen-bond acceptors (Lipinski definition) is 6. The fraction of sp³-hybridized carbons (Fsp3) is 0.520. The molecule has 8 heteroatoms. The molecule has 1 unspecified atom stereocenters. The third-order valence-corrected chi connectivity index (χ3v) is 6.84. The van der Waals surface area contributed by atoms with Gasteiger partial charge in [-0.2, -0.15) is 0 Å². The lowest BCUT2D eigenvalue weighted by Gasteiger charge is -2.34. The number of nitrogens with zero attached hydrogens (tertiary/aromatic N) is 4. The number of fused-ring (bicyclic) bond motifs is 1. The summed E-state index contributed by atoms with van der Waals surface area (Å²) >= 11 is 3.43. The molecule has 0 spiro atoms. The summed E-state index contributed by atoms with van der Waals surface area (Å²) in [6.45, 7) is 8.55. The molecule has 7 nitrogen and oxygen atoms in total. The first-order chi connectivity index (χ1) is 16.0. The van der Waals surface area contributed by atoms with Gasteiger partial charge in [0.15, 0.2) is 0 Å². The molecular formula is C25H35BrN6O. The molecule has 0 aliphatic carbocycles. The van der Waals surface area contributed by atoms with Crippen LogP contribution in [-0.2, 0) is 17.9 Å². The standard InChI is InChI=1S/C25H35BrN6O/c1-18(2)21(27)16-31-13-10-20(11-14-31)29-25-30-22-7-3-4-8-23(22)32(25)17-33-15-12-19-6-5-9-24(26)28-19/h3-9,18,20-21H,10-17,27H2,1-2H3,(H,29,30).